The van der Waals surface area contributed by atoms with E-state index >= 15 is 0 Å². The molecule has 2 rings (SSSR count). The summed E-state index contributed by atoms with van der Waals surface area (Å²) in [5.41, 5.74) is -0.411. The van der Waals surface area contributed by atoms with Gasteiger partial charge in [-0.1, -0.05) is 40.9 Å². The van der Waals surface area contributed by atoms with Gasteiger partial charge in [0.25, 0.3) is 0 Å². The predicted octanol–water partition coefficient (Wildman–Crippen LogP) is 6.11. The summed E-state index contributed by atoms with van der Waals surface area (Å²) in [5.74, 6) is 0.128. The van der Waals surface area contributed by atoms with E-state index in [9.17, 15) is 13.2 Å². The van der Waals surface area contributed by atoms with Crippen LogP contribution < -0.4 is 5.32 Å². The van der Waals surface area contributed by atoms with E-state index in [-0.39, 0.29) is 32.3 Å². The molecule has 2 nitrogen and oxygen atoms in total. The third kappa shape index (κ3) is 3.73. The number of aromatic nitrogens is 1. The molecule has 0 spiro atoms. The minimum Gasteiger partial charge on any atom is -0.339 e. The lowest BCUT2D eigenvalue weighted by Gasteiger charge is -2.14. The number of rotatable bonds is 2. The first kappa shape index (κ1) is 16.2. The second-order valence-electron chi connectivity index (χ2n) is 4.24. The van der Waals surface area contributed by atoms with Gasteiger partial charge in [-0.3, -0.25) is 0 Å². The maximum absolute atomic E-state index is 12.9. The van der Waals surface area contributed by atoms with Crippen molar-refractivity contribution in [3.05, 3.63) is 50.6 Å². The molecule has 0 bridgehead atoms. The number of hydrogen-bond donors (Lipinski definition) is 1. The van der Waals surface area contributed by atoms with Crippen LogP contribution >= 0.6 is 34.8 Å². The number of halogens is 6. The zero-order valence-electron chi connectivity index (χ0n) is 10.5. The van der Waals surface area contributed by atoms with Crippen molar-refractivity contribution in [2.45, 2.75) is 13.1 Å². The van der Waals surface area contributed by atoms with Crippen LogP contribution in [0.15, 0.2) is 24.3 Å². The highest BCUT2D eigenvalue weighted by atomic mass is 35.5. The van der Waals surface area contributed by atoms with Gasteiger partial charge >= 0.3 is 6.18 Å². The molecule has 21 heavy (non-hydrogen) atoms. The molecule has 0 saturated heterocycles. The Kier molecular flexibility index (Phi) is 4.56. The van der Waals surface area contributed by atoms with Gasteiger partial charge < -0.3 is 5.32 Å². The van der Waals surface area contributed by atoms with Crippen molar-refractivity contribution in [3.8, 4) is 0 Å². The average Bonchev–Trinajstić information content (AvgIpc) is 2.37. The number of pyridine rings is 1. The highest BCUT2D eigenvalue weighted by Crippen LogP contribution is 2.35. The normalized spacial score (nSPS) is 11.6. The van der Waals surface area contributed by atoms with Crippen molar-refractivity contribution in [3.63, 3.8) is 0 Å². The van der Waals surface area contributed by atoms with Crippen molar-refractivity contribution >= 4 is 46.3 Å². The molecular weight excluding hydrogens is 348 g/mol. The van der Waals surface area contributed by atoms with E-state index in [0.717, 1.165) is 6.07 Å². The van der Waals surface area contributed by atoms with Crippen molar-refractivity contribution in [1.82, 2.24) is 4.98 Å². The summed E-state index contributed by atoms with van der Waals surface area (Å²) in [6, 6.07) is 5.19. The third-order valence-corrected chi connectivity index (χ3v) is 3.65. The van der Waals surface area contributed by atoms with E-state index < -0.39 is 11.7 Å². The maximum Gasteiger partial charge on any atom is 0.416 e. The molecule has 1 N–H and O–H groups in total. The van der Waals surface area contributed by atoms with Gasteiger partial charge in [0.15, 0.2) is 5.82 Å². The summed E-state index contributed by atoms with van der Waals surface area (Å²) < 4.78 is 38.6. The first-order valence-electron chi connectivity index (χ1n) is 5.65. The van der Waals surface area contributed by atoms with E-state index in [2.05, 4.69) is 10.3 Å². The van der Waals surface area contributed by atoms with E-state index in [1.165, 1.54) is 25.1 Å². The average molecular weight is 356 g/mol. The van der Waals surface area contributed by atoms with Crippen LogP contribution in [-0.4, -0.2) is 4.98 Å². The van der Waals surface area contributed by atoms with E-state index in [4.69, 9.17) is 34.8 Å². The predicted molar refractivity (Wildman–Crippen MR) is 78.7 cm³/mol. The molecule has 8 heteroatoms. The van der Waals surface area contributed by atoms with Gasteiger partial charge in [-0.25, -0.2) is 4.98 Å². The Morgan fingerprint density at radius 1 is 1.05 bits per heavy atom. The van der Waals surface area contributed by atoms with Crippen LogP contribution in [0, 0.1) is 6.92 Å². The smallest absolute Gasteiger partial charge is 0.339 e. The van der Waals surface area contributed by atoms with E-state index in [1.54, 1.807) is 0 Å². The highest BCUT2D eigenvalue weighted by molar-refractivity contribution is 6.43. The Labute approximate surface area is 133 Å². The second kappa shape index (κ2) is 5.91. The van der Waals surface area contributed by atoms with Crippen molar-refractivity contribution in [1.29, 1.82) is 0 Å². The fourth-order valence-corrected chi connectivity index (χ4v) is 2.22. The molecule has 0 amide bonds. The first-order valence-corrected chi connectivity index (χ1v) is 6.78. The molecule has 112 valence electrons. The number of nitrogens with one attached hydrogen (secondary N) is 1. The zero-order chi connectivity index (χ0) is 15.8. The molecule has 1 aromatic heterocycles. The molecular formula is C13H8Cl3F3N2. The van der Waals surface area contributed by atoms with Gasteiger partial charge in [0.05, 0.1) is 15.6 Å². The van der Waals surface area contributed by atoms with Gasteiger partial charge in [0.2, 0.25) is 0 Å². The molecule has 0 fully saturated rings. The van der Waals surface area contributed by atoms with Crippen LogP contribution in [0.25, 0.3) is 0 Å². The summed E-state index contributed by atoms with van der Waals surface area (Å²) in [6.45, 7) is 1.39. The molecule has 1 aromatic carbocycles. The number of anilines is 2. The zero-order valence-corrected chi connectivity index (χ0v) is 12.8. The summed E-state index contributed by atoms with van der Waals surface area (Å²) in [4.78, 5) is 3.89. The summed E-state index contributed by atoms with van der Waals surface area (Å²) in [6.07, 6.45) is -4.43. The number of hydrogen-bond acceptors (Lipinski definition) is 2. The monoisotopic (exact) mass is 354 g/mol. The molecule has 0 radical (unpaired) electrons. The fraction of sp³-hybridized carbons (Fsp3) is 0.154. The molecule has 0 saturated carbocycles. The Bertz CT molecular complexity index is 687. The minimum absolute atomic E-state index is 0.00623. The molecule has 1 heterocycles. The summed E-state index contributed by atoms with van der Waals surface area (Å²) in [5, 5.41) is 3.01. The van der Waals surface area contributed by atoms with Crippen LogP contribution in [-0.2, 0) is 6.18 Å². The molecule has 2 aromatic rings. The first-order chi connectivity index (χ1) is 9.68. The summed E-state index contributed by atoms with van der Waals surface area (Å²) >= 11 is 17.4. The van der Waals surface area contributed by atoms with Gasteiger partial charge in [-0.2, -0.15) is 13.2 Å². The lowest BCUT2D eigenvalue weighted by molar-refractivity contribution is -0.138. The molecule has 0 unspecified atom stereocenters. The van der Waals surface area contributed by atoms with Gasteiger partial charge in [-0.05, 0) is 30.7 Å². The third-order valence-electron chi connectivity index (χ3n) is 2.69. The quantitative estimate of drug-likeness (QED) is 0.657. The second-order valence-corrected chi connectivity index (χ2v) is 5.42. The summed E-state index contributed by atoms with van der Waals surface area (Å²) in [7, 11) is 0. The van der Waals surface area contributed by atoms with Gasteiger partial charge in [0, 0.05) is 5.69 Å². The van der Waals surface area contributed by atoms with Gasteiger partial charge in [0.1, 0.15) is 5.15 Å². The molecule has 0 atom stereocenters. The lowest BCUT2D eigenvalue weighted by Crippen LogP contribution is -2.08. The fourth-order valence-electron chi connectivity index (χ4n) is 1.67. The molecule has 0 aliphatic rings. The van der Waals surface area contributed by atoms with E-state index in [0.29, 0.717) is 0 Å². The largest absolute Gasteiger partial charge is 0.416 e. The van der Waals surface area contributed by atoms with Gasteiger partial charge in [-0.15, -0.1) is 0 Å². The van der Waals surface area contributed by atoms with Crippen molar-refractivity contribution in [2.24, 2.45) is 0 Å². The minimum atomic E-state index is -4.43. The lowest BCUT2D eigenvalue weighted by atomic mass is 10.1. The molecule has 0 aliphatic carbocycles. The van der Waals surface area contributed by atoms with Crippen LogP contribution in [0.3, 0.4) is 0 Å². The maximum atomic E-state index is 12.9. The van der Waals surface area contributed by atoms with Crippen LogP contribution in [0.5, 0.6) is 0 Å². The van der Waals surface area contributed by atoms with Crippen LogP contribution in [0.1, 0.15) is 11.1 Å². The molecule has 0 aliphatic heterocycles. The number of aryl methyl sites for hydroxylation is 1. The Morgan fingerprint density at radius 2 is 1.71 bits per heavy atom. The van der Waals surface area contributed by atoms with Crippen LogP contribution in [0.4, 0.5) is 24.7 Å². The standard InChI is InChI=1S/C13H8Cl3F3N2/c1-6-2-3-7(4-8(6)13(17,18)19)20-12-10(15)5-9(14)11(16)21-12/h2-5H,1H3,(H,20,21). The Balaban J connectivity index is 2.39. The number of benzene rings is 1. The Morgan fingerprint density at radius 3 is 2.33 bits per heavy atom. The van der Waals surface area contributed by atoms with Crippen molar-refractivity contribution < 1.29 is 13.2 Å². The highest BCUT2D eigenvalue weighted by Gasteiger charge is 2.32. The van der Waals surface area contributed by atoms with Crippen LogP contribution in [0.2, 0.25) is 15.2 Å². The number of alkyl halides is 3. The van der Waals surface area contributed by atoms with E-state index in [1.807, 2.05) is 0 Å². The van der Waals surface area contributed by atoms with Crippen molar-refractivity contribution in [2.75, 3.05) is 5.32 Å². The topological polar surface area (TPSA) is 24.9 Å². The number of nitrogens with zero attached hydrogens (tertiary/aromatic N) is 1. The SMILES string of the molecule is Cc1ccc(Nc2nc(Cl)c(Cl)cc2Cl)cc1C(F)(F)F. The Hall–Kier alpha value is -1.17.